The van der Waals surface area contributed by atoms with Crippen LogP contribution in [0, 0.1) is 0 Å². The first kappa shape index (κ1) is 24.6. The van der Waals surface area contributed by atoms with Crippen molar-refractivity contribution in [3.8, 4) is 0 Å². The molecule has 0 atom stereocenters. The van der Waals surface area contributed by atoms with E-state index in [0.717, 1.165) is 22.3 Å². The number of aromatic nitrogens is 2. The molecule has 1 heterocycles. The molecule has 2 aromatic carbocycles. The van der Waals surface area contributed by atoms with Crippen LogP contribution >= 0.6 is 15.9 Å². The van der Waals surface area contributed by atoms with Gasteiger partial charge in [-0.3, -0.25) is 4.79 Å². The second-order valence-corrected chi connectivity index (χ2v) is 7.53. The van der Waals surface area contributed by atoms with E-state index in [1.165, 1.54) is 6.33 Å². The summed E-state index contributed by atoms with van der Waals surface area (Å²) in [6.45, 7) is 1.51. The van der Waals surface area contributed by atoms with Crippen molar-refractivity contribution in [3.05, 3.63) is 65.4 Å². The Morgan fingerprint density at radius 1 is 0.971 bits per heavy atom. The van der Waals surface area contributed by atoms with Crippen molar-refractivity contribution in [3.63, 3.8) is 0 Å². The standard InChI is InChI=1S/C23H21BrN4O6/c1-2-32-23(31)34-11-10-33-21(30)9-8-20(29)27-17-6-7-19-18(13-17)22(26-14-25-19)28-16-5-3-4-15(24)12-16/h3-9,12-14H,2,10-11H2,1H3,(H,27,29)(H,25,26,28). The predicted molar refractivity (Wildman–Crippen MR) is 129 cm³/mol. The Hall–Kier alpha value is -3.99. The number of amides is 1. The molecule has 0 aliphatic heterocycles. The van der Waals surface area contributed by atoms with Gasteiger partial charge in [0, 0.05) is 33.4 Å². The summed E-state index contributed by atoms with van der Waals surface area (Å²) in [7, 11) is 0. The summed E-state index contributed by atoms with van der Waals surface area (Å²) in [5.41, 5.74) is 2.01. The van der Waals surface area contributed by atoms with Gasteiger partial charge < -0.3 is 24.8 Å². The number of hydrogen-bond donors (Lipinski definition) is 2. The van der Waals surface area contributed by atoms with Gasteiger partial charge in [0.15, 0.2) is 0 Å². The topological polar surface area (TPSA) is 129 Å². The van der Waals surface area contributed by atoms with Crippen LogP contribution in [-0.4, -0.2) is 47.8 Å². The molecule has 11 heteroatoms. The minimum Gasteiger partial charge on any atom is -0.459 e. The third-order valence-corrected chi connectivity index (χ3v) is 4.66. The van der Waals surface area contributed by atoms with Crippen molar-refractivity contribution in [2.75, 3.05) is 30.5 Å². The van der Waals surface area contributed by atoms with Gasteiger partial charge in [0.05, 0.1) is 12.1 Å². The molecule has 1 aromatic heterocycles. The molecule has 2 N–H and O–H groups in total. The second-order valence-electron chi connectivity index (χ2n) is 6.61. The molecule has 0 aliphatic rings. The number of carbonyl (C=O) groups is 3. The highest BCUT2D eigenvalue weighted by molar-refractivity contribution is 9.10. The first-order chi connectivity index (χ1) is 16.4. The molecule has 10 nitrogen and oxygen atoms in total. The highest BCUT2D eigenvalue weighted by Gasteiger charge is 2.08. The summed E-state index contributed by atoms with van der Waals surface area (Å²) in [4.78, 5) is 43.5. The number of hydrogen-bond acceptors (Lipinski definition) is 9. The van der Waals surface area contributed by atoms with E-state index in [0.29, 0.717) is 22.4 Å². The van der Waals surface area contributed by atoms with Crippen LogP contribution in [0.15, 0.2) is 65.4 Å². The van der Waals surface area contributed by atoms with Gasteiger partial charge in [-0.1, -0.05) is 22.0 Å². The summed E-state index contributed by atoms with van der Waals surface area (Å²) < 4.78 is 15.0. The Bertz CT molecular complexity index is 1220. The minimum absolute atomic E-state index is 0.153. The Morgan fingerprint density at radius 2 is 1.79 bits per heavy atom. The van der Waals surface area contributed by atoms with E-state index in [9.17, 15) is 14.4 Å². The molecule has 3 rings (SSSR count). The van der Waals surface area contributed by atoms with Crippen LogP contribution in [0.5, 0.6) is 0 Å². The molecule has 34 heavy (non-hydrogen) atoms. The van der Waals surface area contributed by atoms with Gasteiger partial charge in [0.1, 0.15) is 25.4 Å². The number of halogens is 1. The number of esters is 1. The highest BCUT2D eigenvalue weighted by atomic mass is 79.9. The number of anilines is 3. The maximum atomic E-state index is 12.2. The van der Waals surface area contributed by atoms with Crippen LogP contribution in [0.3, 0.4) is 0 Å². The van der Waals surface area contributed by atoms with Crippen molar-refractivity contribution in [1.82, 2.24) is 9.97 Å². The van der Waals surface area contributed by atoms with Gasteiger partial charge in [-0.05, 0) is 43.3 Å². The van der Waals surface area contributed by atoms with Crippen LogP contribution < -0.4 is 10.6 Å². The zero-order valence-electron chi connectivity index (χ0n) is 18.1. The molecule has 0 saturated carbocycles. The lowest BCUT2D eigenvalue weighted by Gasteiger charge is -2.10. The average Bonchev–Trinajstić information content (AvgIpc) is 2.81. The molecule has 0 aliphatic carbocycles. The summed E-state index contributed by atoms with van der Waals surface area (Å²) >= 11 is 3.43. The number of nitrogens with one attached hydrogen (secondary N) is 2. The molecule has 0 unspecified atom stereocenters. The molecule has 1 amide bonds. The summed E-state index contributed by atoms with van der Waals surface area (Å²) in [6.07, 6.45) is 2.63. The smallest absolute Gasteiger partial charge is 0.459 e. The molecular weight excluding hydrogens is 508 g/mol. The van der Waals surface area contributed by atoms with Crippen LogP contribution in [0.2, 0.25) is 0 Å². The zero-order chi connectivity index (χ0) is 24.3. The van der Waals surface area contributed by atoms with Gasteiger partial charge in [0.25, 0.3) is 0 Å². The number of benzene rings is 2. The monoisotopic (exact) mass is 528 g/mol. The van der Waals surface area contributed by atoms with Crippen LogP contribution in [0.25, 0.3) is 10.9 Å². The molecule has 0 radical (unpaired) electrons. The SMILES string of the molecule is CCOC(=O)OCCOC(=O)C=CC(=O)Nc1ccc2ncnc(Nc3cccc(Br)c3)c2c1. The number of ether oxygens (including phenoxy) is 3. The normalized spacial score (nSPS) is 10.6. The minimum atomic E-state index is -0.843. The van der Waals surface area contributed by atoms with E-state index in [4.69, 9.17) is 4.74 Å². The van der Waals surface area contributed by atoms with Crippen molar-refractivity contribution in [2.45, 2.75) is 6.92 Å². The van der Waals surface area contributed by atoms with Gasteiger partial charge in [-0.2, -0.15) is 0 Å². The Morgan fingerprint density at radius 3 is 2.59 bits per heavy atom. The van der Waals surface area contributed by atoms with E-state index in [1.807, 2.05) is 24.3 Å². The molecule has 0 spiro atoms. The van der Waals surface area contributed by atoms with E-state index < -0.39 is 18.0 Å². The molecule has 0 fully saturated rings. The fraction of sp³-hybridized carbons (Fsp3) is 0.174. The van der Waals surface area contributed by atoms with Crippen LogP contribution in [0.1, 0.15) is 6.92 Å². The fourth-order valence-electron chi connectivity index (χ4n) is 2.74. The Labute approximate surface area is 203 Å². The third kappa shape index (κ3) is 7.55. The van der Waals surface area contributed by atoms with Crippen molar-refractivity contribution in [2.24, 2.45) is 0 Å². The second kappa shape index (κ2) is 12.3. The summed E-state index contributed by atoms with van der Waals surface area (Å²) in [5, 5.41) is 6.61. The Balaban J connectivity index is 1.58. The van der Waals surface area contributed by atoms with Crippen molar-refractivity contribution < 1.29 is 28.6 Å². The summed E-state index contributed by atoms with van der Waals surface area (Å²) in [6, 6.07) is 12.8. The zero-order valence-corrected chi connectivity index (χ0v) is 19.7. The fourth-order valence-corrected chi connectivity index (χ4v) is 3.14. The van der Waals surface area contributed by atoms with E-state index in [2.05, 4.69) is 46.0 Å². The lowest BCUT2D eigenvalue weighted by molar-refractivity contribution is -0.139. The van der Waals surface area contributed by atoms with Crippen LogP contribution in [0.4, 0.5) is 22.0 Å². The molecule has 0 saturated heterocycles. The first-order valence-corrected chi connectivity index (χ1v) is 11.0. The quantitative estimate of drug-likeness (QED) is 0.236. The van der Waals surface area contributed by atoms with E-state index in [1.54, 1.807) is 25.1 Å². The largest absolute Gasteiger partial charge is 0.508 e. The maximum Gasteiger partial charge on any atom is 0.508 e. The number of fused-ring (bicyclic) bond motifs is 1. The lowest BCUT2D eigenvalue weighted by Crippen LogP contribution is -2.14. The number of rotatable bonds is 9. The molecular formula is C23H21BrN4O6. The van der Waals surface area contributed by atoms with Gasteiger partial charge in [0.2, 0.25) is 5.91 Å². The maximum absolute atomic E-state index is 12.2. The van der Waals surface area contributed by atoms with Crippen LogP contribution in [-0.2, 0) is 23.8 Å². The molecule has 176 valence electrons. The van der Waals surface area contributed by atoms with Gasteiger partial charge in [-0.25, -0.2) is 19.6 Å². The van der Waals surface area contributed by atoms with E-state index >= 15 is 0 Å². The van der Waals surface area contributed by atoms with Gasteiger partial charge >= 0.3 is 12.1 Å². The number of carbonyl (C=O) groups excluding carboxylic acids is 3. The highest BCUT2D eigenvalue weighted by Crippen LogP contribution is 2.26. The average molecular weight is 529 g/mol. The molecule has 0 bridgehead atoms. The lowest BCUT2D eigenvalue weighted by atomic mass is 10.2. The molecule has 3 aromatic rings. The third-order valence-electron chi connectivity index (χ3n) is 4.17. The van der Waals surface area contributed by atoms with E-state index in [-0.39, 0.29) is 19.8 Å². The van der Waals surface area contributed by atoms with Crippen molar-refractivity contribution >= 4 is 62.1 Å². The Kier molecular flexibility index (Phi) is 8.92. The number of nitrogens with zero attached hydrogens (tertiary/aromatic N) is 2. The summed E-state index contributed by atoms with van der Waals surface area (Å²) in [5.74, 6) is -0.712. The predicted octanol–water partition coefficient (Wildman–Crippen LogP) is 4.35. The van der Waals surface area contributed by atoms with Crippen molar-refractivity contribution in [1.29, 1.82) is 0 Å². The van der Waals surface area contributed by atoms with Gasteiger partial charge in [-0.15, -0.1) is 0 Å². The first-order valence-electron chi connectivity index (χ1n) is 10.2.